The molecule has 3 aromatic rings. The number of H-pyrrole nitrogens is 1. The van der Waals surface area contributed by atoms with Gasteiger partial charge in [-0.1, -0.05) is 30.3 Å². The number of fused-ring (bicyclic) bond motifs is 1. The van der Waals surface area contributed by atoms with E-state index < -0.39 is 0 Å². The number of amides is 1. The lowest BCUT2D eigenvalue weighted by Crippen LogP contribution is -2.40. The summed E-state index contributed by atoms with van der Waals surface area (Å²) in [7, 11) is 0. The van der Waals surface area contributed by atoms with E-state index in [4.69, 9.17) is 11.1 Å². The maximum atomic E-state index is 12.8. The minimum Gasteiger partial charge on any atom is -0.370 e. The monoisotopic (exact) mass is 476 g/mol. The van der Waals surface area contributed by atoms with E-state index in [9.17, 15) is 4.79 Å². The number of hydrogen-bond acceptors (Lipinski definition) is 3. The van der Waals surface area contributed by atoms with Crippen molar-refractivity contribution in [3.8, 4) is 0 Å². The molecule has 0 radical (unpaired) electrons. The van der Waals surface area contributed by atoms with E-state index in [2.05, 4.69) is 27.4 Å². The van der Waals surface area contributed by atoms with Crippen molar-refractivity contribution in [2.45, 2.75) is 32.2 Å². The summed E-state index contributed by atoms with van der Waals surface area (Å²) in [5.74, 6) is 0.643. The Bertz CT molecular complexity index is 1020. The minimum absolute atomic E-state index is 0. The molecule has 1 aliphatic rings. The third-order valence-corrected chi connectivity index (χ3v) is 5.97. The molecule has 4 rings (SSSR count). The number of aromatic nitrogens is 2. The molecule has 1 saturated carbocycles. The maximum absolute atomic E-state index is 12.8. The van der Waals surface area contributed by atoms with E-state index in [1.165, 1.54) is 0 Å². The number of hydrogen-bond donors (Lipinski definition) is 4. The van der Waals surface area contributed by atoms with Crippen molar-refractivity contribution in [2.24, 2.45) is 17.6 Å². The Morgan fingerprint density at radius 3 is 2.53 bits per heavy atom. The highest BCUT2D eigenvalue weighted by Gasteiger charge is 2.28. The maximum Gasteiger partial charge on any atom is 0.227 e. The number of nitrogens with two attached hydrogens (primary N) is 1. The average molecular weight is 477 g/mol. The smallest absolute Gasteiger partial charge is 0.227 e. The van der Waals surface area contributed by atoms with Crippen LogP contribution in [0.25, 0.3) is 11.0 Å². The molecule has 0 saturated heterocycles. The molecule has 7 nitrogen and oxygen atoms in total. The summed E-state index contributed by atoms with van der Waals surface area (Å²) in [6, 6.07) is 13.9. The second kappa shape index (κ2) is 11.7. The van der Waals surface area contributed by atoms with E-state index in [-0.39, 0.29) is 42.6 Å². The fourth-order valence-electron chi connectivity index (χ4n) is 4.28. The fraction of sp³-hybridized carbons (Fsp3) is 0.348. The molecular formula is C23H30Cl2N6O. The molecule has 0 bridgehead atoms. The third-order valence-electron chi connectivity index (χ3n) is 5.97. The van der Waals surface area contributed by atoms with Crippen LogP contribution in [0, 0.1) is 17.2 Å². The van der Waals surface area contributed by atoms with Crippen LogP contribution in [0.4, 0.5) is 5.69 Å². The van der Waals surface area contributed by atoms with Gasteiger partial charge < -0.3 is 20.9 Å². The van der Waals surface area contributed by atoms with Gasteiger partial charge in [0.05, 0.1) is 5.69 Å². The van der Waals surface area contributed by atoms with Crippen LogP contribution in [0.1, 0.15) is 31.2 Å². The number of nitrogens with zero attached hydrogens (tertiary/aromatic N) is 2. The summed E-state index contributed by atoms with van der Waals surface area (Å²) in [4.78, 5) is 22.1. The second-order valence-corrected chi connectivity index (χ2v) is 8.06. The Kier molecular flexibility index (Phi) is 9.35. The average Bonchev–Trinajstić information content (AvgIpc) is 3.24. The first-order chi connectivity index (χ1) is 14.6. The summed E-state index contributed by atoms with van der Waals surface area (Å²) in [6.07, 6.45) is 7.17. The topological polar surface area (TPSA) is 111 Å². The number of aromatic amines is 1. The summed E-state index contributed by atoms with van der Waals surface area (Å²) >= 11 is 0. The molecule has 0 unspecified atom stereocenters. The lowest BCUT2D eigenvalue weighted by Gasteiger charge is -2.32. The zero-order chi connectivity index (χ0) is 20.9. The number of carbonyl (C=O) groups is 1. The van der Waals surface area contributed by atoms with Crippen LogP contribution in [0.15, 0.2) is 54.9 Å². The van der Waals surface area contributed by atoms with Gasteiger partial charge in [-0.3, -0.25) is 10.2 Å². The van der Waals surface area contributed by atoms with E-state index in [1.807, 2.05) is 41.4 Å². The second-order valence-electron chi connectivity index (χ2n) is 8.06. The lowest BCUT2D eigenvalue weighted by molar-refractivity contribution is -0.121. The standard InChI is InChI=1S/C23H28N6O.2ClH/c24-23(25)29(14-16-4-2-1-3-5-16)15-17-6-8-18(9-7-17)22(30)28-20-11-13-27-21-19(20)10-12-26-21;;/h1-5,10-13,17-18H,6-9,14-15H2,(H3,24,25)(H2,26,27,28,30);2*1H. The summed E-state index contributed by atoms with van der Waals surface area (Å²) in [5.41, 5.74) is 8.57. The summed E-state index contributed by atoms with van der Waals surface area (Å²) in [5, 5.41) is 11.9. The molecule has 172 valence electrons. The first kappa shape index (κ1) is 25.5. The van der Waals surface area contributed by atoms with Crippen LogP contribution in [0.3, 0.4) is 0 Å². The highest BCUT2D eigenvalue weighted by Crippen LogP contribution is 2.31. The van der Waals surface area contributed by atoms with Gasteiger partial charge in [-0.25, -0.2) is 4.98 Å². The van der Waals surface area contributed by atoms with Gasteiger partial charge in [0.25, 0.3) is 0 Å². The predicted molar refractivity (Wildman–Crippen MR) is 133 cm³/mol. The number of halogens is 2. The number of carbonyl (C=O) groups excluding carboxylic acids is 1. The molecule has 0 atom stereocenters. The van der Waals surface area contributed by atoms with Gasteiger partial charge in [0, 0.05) is 36.8 Å². The van der Waals surface area contributed by atoms with E-state index in [1.54, 1.807) is 6.20 Å². The number of guanidine groups is 1. The van der Waals surface area contributed by atoms with Crippen LogP contribution >= 0.6 is 24.8 Å². The third kappa shape index (κ3) is 6.14. The predicted octanol–water partition coefficient (Wildman–Crippen LogP) is 4.55. The molecular weight excluding hydrogens is 447 g/mol. The molecule has 1 aromatic carbocycles. The molecule has 0 spiro atoms. The van der Waals surface area contributed by atoms with Crippen LogP contribution in [-0.2, 0) is 11.3 Å². The molecule has 5 N–H and O–H groups in total. The number of nitrogens with one attached hydrogen (secondary N) is 3. The first-order valence-electron chi connectivity index (χ1n) is 10.5. The van der Waals surface area contributed by atoms with Crippen molar-refractivity contribution in [1.29, 1.82) is 5.41 Å². The molecule has 0 aliphatic heterocycles. The zero-order valence-corrected chi connectivity index (χ0v) is 19.4. The number of benzene rings is 1. The Morgan fingerprint density at radius 1 is 1.12 bits per heavy atom. The molecule has 1 fully saturated rings. The van der Waals surface area contributed by atoms with Crippen LogP contribution in [0.5, 0.6) is 0 Å². The normalized spacial score (nSPS) is 17.6. The molecule has 1 amide bonds. The minimum atomic E-state index is 0. The van der Waals surface area contributed by atoms with Gasteiger partial charge in [0.1, 0.15) is 5.65 Å². The Morgan fingerprint density at radius 2 is 1.84 bits per heavy atom. The zero-order valence-electron chi connectivity index (χ0n) is 17.8. The van der Waals surface area contributed by atoms with Crippen molar-refractivity contribution in [2.75, 3.05) is 11.9 Å². The Balaban J connectivity index is 0.00000181. The summed E-state index contributed by atoms with van der Waals surface area (Å²) in [6.45, 7) is 1.40. The first-order valence-corrected chi connectivity index (χ1v) is 10.5. The highest BCUT2D eigenvalue weighted by atomic mass is 35.5. The SMILES string of the molecule is Cl.Cl.N=C(N)N(Cc1ccccc1)CC1CCC(C(=O)Nc2ccnc3[nH]ccc23)CC1. The van der Waals surface area contributed by atoms with Gasteiger partial charge in [-0.2, -0.15) is 0 Å². The van der Waals surface area contributed by atoms with Gasteiger partial charge in [0.2, 0.25) is 5.91 Å². The highest BCUT2D eigenvalue weighted by molar-refractivity contribution is 6.00. The summed E-state index contributed by atoms with van der Waals surface area (Å²) < 4.78 is 0. The Labute approximate surface area is 200 Å². The van der Waals surface area contributed by atoms with Crippen molar-refractivity contribution < 1.29 is 4.79 Å². The number of pyridine rings is 1. The van der Waals surface area contributed by atoms with Crippen molar-refractivity contribution in [3.63, 3.8) is 0 Å². The van der Waals surface area contributed by atoms with Crippen LogP contribution in [0.2, 0.25) is 0 Å². The quantitative estimate of drug-likeness (QED) is 0.308. The Hall–Kier alpha value is -2.77. The van der Waals surface area contributed by atoms with Gasteiger partial charge >= 0.3 is 0 Å². The molecule has 9 heteroatoms. The number of rotatable bonds is 6. The molecule has 2 heterocycles. The lowest BCUT2D eigenvalue weighted by atomic mass is 9.81. The molecule has 2 aromatic heterocycles. The fourth-order valence-corrected chi connectivity index (χ4v) is 4.28. The van der Waals surface area contributed by atoms with E-state index in [0.717, 1.165) is 54.5 Å². The van der Waals surface area contributed by atoms with E-state index >= 15 is 0 Å². The van der Waals surface area contributed by atoms with Gasteiger partial charge in [0.15, 0.2) is 5.96 Å². The van der Waals surface area contributed by atoms with E-state index in [0.29, 0.717) is 12.5 Å². The van der Waals surface area contributed by atoms with Crippen molar-refractivity contribution in [3.05, 3.63) is 60.4 Å². The van der Waals surface area contributed by atoms with Gasteiger partial charge in [-0.15, -0.1) is 24.8 Å². The van der Waals surface area contributed by atoms with Gasteiger partial charge in [-0.05, 0) is 49.3 Å². The van der Waals surface area contributed by atoms with Crippen LogP contribution < -0.4 is 11.1 Å². The largest absolute Gasteiger partial charge is 0.370 e. The molecule has 1 aliphatic carbocycles. The molecule has 32 heavy (non-hydrogen) atoms. The van der Waals surface area contributed by atoms with Crippen molar-refractivity contribution >= 4 is 53.4 Å². The number of anilines is 1. The van der Waals surface area contributed by atoms with Crippen LogP contribution in [-0.4, -0.2) is 33.3 Å². The van der Waals surface area contributed by atoms with Crippen molar-refractivity contribution in [1.82, 2.24) is 14.9 Å².